The number of nitrogens with zero attached hydrogens (tertiary/aromatic N) is 1. The molecule has 0 spiro atoms. The molecule has 8 nitrogen and oxygen atoms in total. The highest BCUT2D eigenvalue weighted by Gasteiger charge is 2.25. The Morgan fingerprint density at radius 3 is 2.41 bits per heavy atom. The summed E-state index contributed by atoms with van der Waals surface area (Å²) in [7, 11) is -2.52. The second-order valence-electron chi connectivity index (χ2n) is 7.01. The molecule has 1 amide bonds. The number of hydrogen-bond acceptors (Lipinski definition) is 6. The molecule has 0 heterocycles. The van der Waals surface area contributed by atoms with Crippen LogP contribution in [0.2, 0.25) is 0 Å². The first-order valence-corrected chi connectivity index (χ1v) is 11.7. The fraction of sp³-hybridized carbons (Fsp3) is 0.120. The van der Waals surface area contributed by atoms with E-state index in [9.17, 15) is 18.0 Å². The van der Waals surface area contributed by atoms with Crippen LogP contribution in [-0.4, -0.2) is 40.6 Å². The molecule has 1 N–H and O–H groups in total. The zero-order valence-electron chi connectivity index (χ0n) is 18.5. The average molecular weight is 481 g/mol. The summed E-state index contributed by atoms with van der Waals surface area (Å²) in [5.74, 6) is -0.937. The zero-order chi connectivity index (χ0) is 24.6. The predicted octanol–water partition coefficient (Wildman–Crippen LogP) is 3.87. The molecule has 0 radical (unpaired) electrons. The molecule has 3 aromatic carbocycles. The van der Waals surface area contributed by atoms with Gasteiger partial charge >= 0.3 is 5.97 Å². The maximum Gasteiger partial charge on any atom is 0.338 e. The Kier molecular flexibility index (Phi) is 8.05. The van der Waals surface area contributed by atoms with Gasteiger partial charge < -0.3 is 14.8 Å². The third-order valence-corrected chi connectivity index (χ3v) is 6.50. The molecule has 0 aliphatic heterocycles. The van der Waals surface area contributed by atoms with E-state index in [2.05, 4.69) is 11.9 Å². The van der Waals surface area contributed by atoms with E-state index in [1.54, 1.807) is 54.6 Å². The molecule has 0 fully saturated rings. The molecule has 0 saturated heterocycles. The van der Waals surface area contributed by atoms with Gasteiger partial charge in [-0.2, -0.15) is 0 Å². The lowest BCUT2D eigenvalue weighted by molar-refractivity contribution is -0.119. The zero-order valence-corrected chi connectivity index (χ0v) is 19.3. The number of carbonyl (C=O) groups is 2. The van der Waals surface area contributed by atoms with Gasteiger partial charge in [-0.15, -0.1) is 6.58 Å². The van der Waals surface area contributed by atoms with Gasteiger partial charge in [0.1, 0.15) is 5.75 Å². The predicted molar refractivity (Wildman–Crippen MR) is 130 cm³/mol. The lowest BCUT2D eigenvalue weighted by atomic mass is 10.2. The van der Waals surface area contributed by atoms with Crippen LogP contribution in [0.4, 0.5) is 11.4 Å². The Bertz CT molecular complexity index is 1280. The Hall–Kier alpha value is -4.11. The standard InChI is InChI=1S/C25H24N2O6S/c1-3-16-27(20-11-5-4-6-12-20)34(30,31)21-13-9-10-19(17-21)25(29)33-18-24(28)26-22-14-7-8-15-23(22)32-2/h3-15,17H,1,16,18H2,2H3,(H,26,28). The first-order chi connectivity index (χ1) is 16.4. The molecule has 34 heavy (non-hydrogen) atoms. The molecule has 0 bridgehead atoms. The Morgan fingerprint density at radius 2 is 1.71 bits per heavy atom. The summed E-state index contributed by atoms with van der Waals surface area (Å²) in [5.41, 5.74) is 0.892. The molecule has 0 aromatic heterocycles. The lowest BCUT2D eigenvalue weighted by Gasteiger charge is -2.23. The van der Waals surface area contributed by atoms with Gasteiger partial charge in [-0.3, -0.25) is 9.10 Å². The van der Waals surface area contributed by atoms with Crippen molar-refractivity contribution in [2.24, 2.45) is 0 Å². The van der Waals surface area contributed by atoms with E-state index in [0.29, 0.717) is 17.1 Å². The SMILES string of the molecule is C=CCN(c1ccccc1)S(=O)(=O)c1cccc(C(=O)OCC(=O)Nc2ccccc2OC)c1. The van der Waals surface area contributed by atoms with E-state index in [1.165, 1.54) is 41.8 Å². The van der Waals surface area contributed by atoms with Crippen molar-refractivity contribution < 1.29 is 27.5 Å². The normalized spacial score (nSPS) is 10.7. The summed E-state index contributed by atoms with van der Waals surface area (Å²) in [6, 6.07) is 20.8. The van der Waals surface area contributed by atoms with E-state index in [0.717, 1.165) is 0 Å². The highest BCUT2D eigenvalue weighted by Crippen LogP contribution is 2.25. The molecule has 3 aromatic rings. The van der Waals surface area contributed by atoms with Crippen molar-refractivity contribution in [2.75, 3.05) is 29.9 Å². The summed E-state index contributed by atoms with van der Waals surface area (Å²) < 4.78 is 38.0. The van der Waals surface area contributed by atoms with Crippen LogP contribution in [-0.2, 0) is 19.6 Å². The van der Waals surface area contributed by atoms with Crippen molar-refractivity contribution in [1.29, 1.82) is 0 Å². The Labute approximate surface area is 198 Å². The number of carbonyl (C=O) groups excluding carboxylic acids is 2. The number of rotatable bonds is 10. The molecule has 3 rings (SSSR count). The van der Waals surface area contributed by atoms with Crippen LogP contribution < -0.4 is 14.4 Å². The maximum atomic E-state index is 13.3. The van der Waals surface area contributed by atoms with Crippen molar-refractivity contribution in [3.05, 3.63) is 97.1 Å². The van der Waals surface area contributed by atoms with Gasteiger partial charge in [0.15, 0.2) is 6.61 Å². The van der Waals surface area contributed by atoms with Crippen molar-refractivity contribution in [2.45, 2.75) is 4.90 Å². The van der Waals surface area contributed by atoms with E-state index in [-0.39, 0.29) is 17.0 Å². The Morgan fingerprint density at radius 1 is 1.00 bits per heavy atom. The minimum atomic E-state index is -3.99. The van der Waals surface area contributed by atoms with Gasteiger partial charge in [-0.1, -0.05) is 42.5 Å². The van der Waals surface area contributed by atoms with Gasteiger partial charge in [-0.25, -0.2) is 13.2 Å². The van der Waals surface area contributed by atoms with Crippen molar-refractivity contribution in [3.63, 3.8) is 0 Å². The fourth-order valence-corrected chi connectivity index (χ4v) is 4.60. The average Bonchev–Trinajstić information content (AvgIpc) is 2.86. The summed E-state index contributed by atoms with van der Waals surface area (Å²) >= 11 is 0. The number of benzene rings is 3. The van der Waals surface area contributed by atoms with Crippen molar-refractivity contribution in [1.82, 2.24) is 0 Å². The first-order valence-electron chi connectivity index (χ1n) is 10.3. The van der Waals surface area contributed by atoms with E-state index in [4.69, 9.17) is 9.47 Å². The molecule has 9 heteroatoms. The Balaban J connectivity index is 1.73. The van der Waals surface area contributed by atoms with E-state index in [1.807, 2.05) is 0 Å². The number of para-hydroxylation sites is 3. The van der Waals surface area contributed by atoms with Gasteiger partial charge in [0.25, 0.3) is 15.9 Å². The minimum Gasteiger partial charge on any atom is -0.495 e. The van der Waals surface area contributed by atoms with Crippen LogP contribution in [0.5, 0.6) is 5.75 Å². The number of nitrogens with one attached hydrogen (secondary N) is 1. The van der Waals surface area contributed by atoms with Crippen LogP contribution >= 0.6 is 0 Å². The smallest absolute Gasteiger partial charge is 0.338 e. The number of esters is 1. The molecule has 0 aliphatic rings. The third-order valence-electron chi connectivity index (χ3n) is 4.71. The molecule has 176 valence electrons. The van der Waals surface area contributed by atoms with Crippen LogP contribution in [0.25, 0.3) is 0 Å². The number of hydrogen-bond donors (Lipinski definition) is 1. The van der Waals surface area contributed by atoms with E-state index < -0.39 is 28.5 Å². The molecule has 0 unspecified atom stereocenters. The van der Waals surface area contributed by atoms with Gasteiger partial charge in [-0.05, 0) is 42.5 Å². The highest BCUT2D eigenvalue weighted by molar-refractivity contribution is 7.92. The van der Waals surface area contributed by atoms with Crippen LogP contribution in [0, 0.1) is 0 Å². The number of methoxy groups -OCH3 is 1. The van der Waals surface area contributed by atoms with Gasteiger partial charge in [0, 0.05) is 0 Å². The second-order valence-corrected chi connectivity index (χ2v) is 8.88. The molecular weight excluding hydrogens is 456 g/mol. The topological polar surface area (TPSA) is 102 Å². The van der Waals surface area contributed by atoms with Crippen LogP contribution in [0.15, 0.2) is 96.4 Å². The highest BCUT2D eigenvalue weighted by atomic mass is 32.2. The number of ether oxygens (including phenoxy) is 2. The summed E-state index contributed by atoms with van der Waals surface area (Å²) in [4.78, 5) is 24.6. The number of sulfonamides is 1. The minimum absolute atomic E-state index is 0.00205. The summed E-state index contributed by atoms with van der Waals surface area (Å²) in [6.07, 6.45) is 1.48. The fourth-order valence-electron chi connectivity index (χ4n) is 3.11. The van der Waals surface area contributed by atoms with E-state index >= 15 is 0 Å². The lowest BCUT2D eigenvalue weighted by Crippen LogP contribution is -2.31. The largest absolute Gasteiger partial charge is 0.495 e. The quantitative estimate of drug-likeness (QED) is 0.349. The summed E-state index contributed by atoms with van der Waals surface area (Å²) in [5, 5.41) is 2.60. The number of anilines is 2. The monoisotopic (exact) mass is 480 g/mol. The third kappa shape index (κ3) is 5.81. The molecule has 0 atom stereocenters. The van der Waals surface area contributed by atoms with Crippen molar-refractivity contribution in [3.8, 4) is 5.75 Å². The number of amides is 1. The first kappa shape index (κ1) is 24.5. The second kappa shape index (κ2) is 11.2. The van der Waals surface area contributed by atoms with Crippen molar-refractivity contribution >= 4 is 33.3 Å². The molecule has 0 aliphatic carbocycles. The van der Waals surface area contributed by atoms with Crippen LogP contribution in [0.3, 0.4) is 0 Å². The summed E-state index contributed by atoms with van der Waals surface area (Å²) in [6.45, 7) is 3.13. The molecular formula is C25H24N2O6S. The van der Waals surface area contributed by atoms with Crippen LogP contribution in [0.1, 0.15) is 10.4 Å². The maximum absolute atomic E-state index is 13.3. The van der Waals surface area contributed by atoms with Gasteiger partial charge in [0.05, 0.1) is 35.5 Å². The van der Waals surface area contributed by atoms with Gasteiger partial charge in [0.2, 0.25) is 0 Å². The molecule has 0 saturated carbocycles.